The highest BCUT2D eigenvalue weighted by molar-refractivity contribution is 14.1. The Labute approximate surface area is 130 Å². The summed E-state index contributed by atoms with van der Waals surface area (Å²) in [6.07, 6.45) is 0. The van der Waals surface area contributed by atoms with E-state index in [1.165, 1.54) is 18.2 Å². The van der Waals surface area contributed by atoms with Crippen molar-refractivity contribution in [2.45, 2.75) is 0 Å². The molecular weight excluding hydrogens is 377 g/mol. The highest BCUT2D eigenvalue weighted by atomic mass is 127. The molecule has 20 heavy (non-hydrogen) atoms. The van der Waals surface area contributed by atoms with Crippen molar-refractivity contribution < 1.29 is 14.5 Å². The van der Waals surface area contributed by atoms with Gasteiger partial charge in [0.25, 0.3) is 11.6 Å². The molecule has 0 saturated carbocycles. The van der Waals surface area contributed by atoms with E-state index in [-0.39, 0.29) is 11.6 Å². The Morgan fingerprint density at radius 2 is 2.15 bits per heavy atom. The van der Waals surface area contributed by atoms with Crippen LogP contribution in [0, 0.1) is 13.7 Å². The number of non-ortho nitro benzene ring substituents is 1. The first-order valence-corrected chi connectivity index (χ1v) is 7.06. The average molecular weight is 393 g/mol. The lowest BCUT2D eigenvalue weighted by Crippen LogP contribution is -2.33. The van der Waals surface area contributed by atoms with E-state index in [1.807, 2.05) is 22.6 Å². The van der Waals surface area contributed by atoms with Gasteiger partial charge in [-0.2, -0.15) is 0 Å². The largest absolute Gasteiger partial charge is 0.383 e. The SMILES string of the molecule is COCCNCCNC(=O)c1ccc([N+](=O)[O-])cc1I. The summed E-state index contributed by atoms with van der Waals surface area (Å²) in [5, 5.41) is 16.5. The number of nitrogens with one attached hydrogen (secondary N) is 2. The molecule has 0 aliphatic rings. The number of nitro benzene ring substituents is 1. The molecule has 7 nitrogen and oxygen atoms in total. The van der Waals surface area contributed by atoms with E-state index in [2.05, 4.69) is 10.6 Å². The topological polar surface area (TPSA) is 93.5 Å². The van der Waals surface area contributed by atoms with E-state index < -0.39 is 4.92 Å². The maximum Gasteiger partial charge on any atom is 0.270 e. The molecule has 0 saturated heterocycles. The van der Waals surface area contributed by atoms with Gasteiger partial charge in [0.2, 0.25) is 0 Å². The molecule has 1 rings (SSSR count). The molecule has 110 valence electrons. The van der Waals surface area contributed by atoms with E-state index in [9.17, 15) is 14.9 Å². The van der Waals surface area contributed by atoms with Gasteiger partial charge in [-0.3, -0.25) is 14.9 Å². The first kappa shape index (κ1) is 16.8. The van der Waals surface area contributed by atoms with Gasteiger partial charge in [-0.05, 0) is 28.7 Å². The van der Waals surface area contributed by atoms with Gasteiger partial charge in [0.1, 0.15) is 0 Å². The highest BCUT2D eigenvalue weighted by Gasteiger charge is 2.13. The number of carbonyl (C=O) groups is 1. The van der Waals surface area contributed by atoms with Crippen LogP contribution in [0.1, 0.15) is 10.4 Å². The Hall–Kier alpha value is -1.26. The summed E-state index contributed by atoms with van der Waals surface area (Å²) in [7, 11) is 1.62. The number of hydrogen-bond donors (Lipinski definition) is 2. The fourth-order valence-corrected chi connectivity index (χ4v) is 2.20. The lowest BCUT2D eigenvalue weighted by molar-refractivity contribution is -0.384. The maximum atomic E-state index is 11.9. The second-order valence-corrected chi connectivity index (χ2v) is 5.08. The number of rotatable bonds is 8. The van der Waals surface area contributed by atoms with E-state index >= 15 is 0 Å². The summed E-state index contributed by atoms with van der Waals surface area (Å²) in [4.78, 5) is 22.0. The highest BCUT2D eigenvalue weighted by Crippen LogP contribution is 2.19. The second kappa shape index (κ2) is 8.82. The molecule has 1 aromatic carbocycles. The summed E-state index contributed by atoms with van der Waals surface area (Å²) in [6, 6.07) is 4.17. The molecule has 1 aromatic rings. The van der Waals surface area contributed by atoms with Crippen LogP contribution in [-0.4, -0.2) is 44.2 Å². The molecule has 0 spiro atoms. The minimum absolute atomic E-state index is 0.0211. The number of ether oxygens (including phenoxy) is 1. The molecule has 0 heterocycles. The minimum Gasteiger partial charge on any atom is -0.383 e. The Morgan fingerprint density at radius 1 is 1.40 bits per heavy atom. The molecule has 2 N–H and O–H groups in total. The third-order valence-electron chi connectivity index (χ3n) is 2.48. The van der Waals surface area contributed by atoms with Crippen LogP contribution in [0.25, 0.3) is 0 Å². The number of carbonyl (C=O) groups excluding carboxylic acids is 1. The van der Waals surface area contributed by atoms with Crippen molar-refractivity contribution in [2.24, 2.45) is 0 Å². The fraction of sp³-hybridized carbons (Fsp3) is 0.417. The van der Waals surface area contributed by atoms with Gasteiger partial charge in [-0.25, -0.2) is 0 Å². The zero-order valence-corrected chi connectivity index (χ0v) is 13.2. The van der Waals surface area contributed by atoms with Gasteiger partial charge in [0.05, 0.1) is 17.1 Å². The van der Waals surface area contributed by atoms with Crippen molar-refractivity contribution >= 4 is 34.2 Å². The number of benzene rings is 1. The number of hydrogen-bond acceptors (Lipinski definition) is 5. The molecule has 0 atom stereocenters. The van der Waals surface area contributed by atoms with E-state index in [4.69, 9.17) is 4.74 Å². The summed E-state index contributed by atoms with van der Waals surface area (Å²) >= 11 is 1.92. The van der Waals surface area contributed by atoms with Crippen LogP contribution in [0.4, 0.5) is 5.69 Å². The molecule has 0 fully saturated rings. The van der Waals surface area contributed by atoms with E-state index in [0.717, 1.165) is 6.54 Å². The third kappa shape index (κ3) is 5.39. The van der Waals surface area contributed by atoms with Crippen LogP contribution in [-0.2, 0) is 4.74 Å². The molecule has 0 aliphatic heterocycles. The number of methoxy groups -OCH3 is 1. The predicted octanol–water partition coefficient (Wildman–Crippen LogP) is 1.17. The van der Waals surface area contributed by atoms with Crippen LogP contribution >= 0.6 is 22.6 Å². The third-order valence-corrected chi connectivity index (χ3v) is 3.37. The number of amides is 1. The molecule has 8 heteroatoms. The quantitative estimate of drug-likeness (QED) is 0.299. The standard InChI is InChI=1S/C12H16IN3O4/c1-20-7-6-14-4-5-15-12(17)10-3-2-9(16(18)19)8-11(10)13/h2-3,8,14H,4-7H2,1H3,(H,15,17). The first-order valence-electron chi connectivity index (χ1n) is 5.98. The van der Waals surface area contributed by atoms with Gasteiger partial charge in [-0.15, -0.1) is 0 Å². The summed E-state index contributed by atoms with van der Waals surface area (Å²) in [6.45, 7) is 2.46. The van der Waals surface area contributed by atoms with Crippen molar-refractivity contribution in [3.8, 4) is 0 Å². The molecule has 0 aromatic heterocycles. The minimum atomic E-state index is -0.483. The lowest BCUT2D eigenvalue weighted by Gasteiger charge is -2.07. The maximum absolute atomic E-state index is 11.9. The van der Waals surface area contributed by atoms with E-state index in [0.29, 0.717) is 28.8 Å². The van der Waals surface area contributed by atoms with Crippen molar-refractivity contribution in [1.29, 1.82) is 0 Å². The summed E-state index contributed by atoms with van der Waals surface area (Å²) < 4.78 is 5.44. The average Bonchev–Trinajstić information content (AvgIpc) is 2.42. The Kier molecular flexibility index (Phi) is 7.41. The molecule has 0 bridgehead atoms. The monoisotopic (exact) mass is 393 g/mol. The van der Waals surface area contributed by atoms with Crippen molar-refractivity contribution in [3.63, 3.8) is 0 Å². The zero-order chi connectivity index (χ0) is 15.0. The van der Waals surface area contributed by atoms with Gasteiger partial charge in [-0.1, -0.05) is 0 Å². The van der Waals surface area contributed by atoms with Crippen LogP contribution in [0.5, 0.6) is 0 Å². The van der Waals surface area contributed by atoms with Crippen molar-refractivity contribution in [1.82, 2.24) is 10.6 Å². The summed E-state index contributed by atoms with van der Waals surface area (Å²) in [5.74, 6) is -0.238. The van der Waals surface area contributed by atoms with Crippen LogP contribution in [0.15, 0.2) is 18.2 Å². The number of halogens is 1. The molecule has 0 radical (unpaired) electrons. The predicted molar refractivity (Wildman–Crippen MR) is 82.9 cm³/mol. The molecule has 0 aliphatic carbocycles. The van der Waals surface area contributed by atoms with Crippen molar-refractivity contribution in [3.05, 3.63) is 37.4 Å². The first-order chi connectivity index (χ1) is 9.56. The number of nitro groups is 1. The Bertz CT molecular complexity index is 482. The van der Waals surface area contributed by atoms with Gasteiger partial charge in [0.15, 0.2) is 0 Å². The van der Waals surface area contributed by atoms with E-state index in [1.54, 1.807) is 7.11 Å². The zero-order valence-electron chi connectivity index (χ0n) is 11.0. The lowest BCUT2D eigenvalue weighted by atomic mass is 10.2. The van der Waals surface area contributed by atoms with Gasteiger partial charge in [0, 0.05) is 42.4 Å². The molecule has 0 unspecified atom stereocenters. The smallest absolute Gasteiger partial charge is 0.270 e. The number of nitrogens with zero attached hydrogens (tertiary/aromatic N) is 1. The van der Waals surface area contributed by atoms with Crippen LogP contribution in [0.2, 0.25) is 0 Å². The fourth-order valence-electron chi connectivity index (χ4n) is 1.46. The summed E-state index contributed by atoms with van der Waals surface area (Å²) in [5.41, 5.74) is 0.417. The second-order valence-electron chi connectivity index (χ2n) is 3.92. The van der Waals surface area contributed by atoms with Crippen LogP contribution < -0.4 is 10.6 Å². The molecule has 1 amide bonds. The van der Waals surface area contributed by atoms with Crippen molar-refractivity contribution in [2.75, 3.05) is 33.4 Å². The van der Waals surface area contributed by atoms with Crippen LogP contribution in [0.3, 0.4) is 0 Å². The van der Waals surface area contributed by atoms with Gasteiger partial charge >= 0.3 is 0 Å². The normalized spacial score (nSPS) is 10.3. The van der Waals surface area contributed by atoms with Gasteiger partial charge < -0.3 is 15.4 Å². The molecular formula is C12H16IN3O4. The Morgan fingerprint density at radius 3 is 2.75 bits per heavy atom. The Balaban J connectivity index is 2.45.